The summed E-state index contributed by atoms with van der Waals surface area (Å²) in [6.07, 6.45) is 6.16. The van der Waals surface area contributed by atoms with Gasteiger partial charge in [-0.3, -0.25) is 0 Å². The van der Waals surface area contributed by atoms with Gasteiger partial charge in [-0.05, 0) is 66.6 Å². The van der Waals surface area contributed by atoms with Crippen LogP contribution in [0.15, 0.2) is 18.2 Å². The van der Waals surface area contributed by atoms with E-state index >= 15 is 0 Å². The summed E-state index contributed by atoms with van der Waals surface area (Å²) in [6.45, 7) is 4.35. The van der Waals surface area contributed by atoms with Gasteiger partial charge in [0.1, 0.15) is 0 Å². The third-order valence-corrected chi connectivity index (χ3v) is 4.73. The Hall–Kier alpha value is -1.91. The standard InChI is InChI=1S/C16H23N5/c1-3-12-5-8-14(9-6-12)21-16(18-19-20-21)15-10-13(17)7-4-11(15)2/h4,7,10,12,14H,3,5-6,8-9,17H2,1-2H3. The highest BCUT2D eigenvalue weighted by Crippen LogP contribution is 2.35. The van der Waals surface area contributed by atoms with Crippen molar-refractivity contribution in [1.82, 2.24) is 20.2 Å². The Kier molecular flexibility index (Phi) is 3.90. The first-order valence-corrected chi connectivity index (χ1v) is 7.83. The van der Waals surface area contributed by atoms with Gasteiger partial charge in [0.05, 0.1) is 6.04 Å². The molecule has 1 heterocycles. The van der Waals surface area contributed by atoms with E-state index < -0.39 is 0 Å². The molecule has 1 saturated carbocycles. The zero-order chi connectivity index (χ0) is 14.8. The van der Waals surface area contributed by atoms with E-state index in [-0.39, 0.29) is 0 Å². The molecule has 3 rings (SSSR count). The van der Waals surface area contributed by atoms with Crippen molar-refractivity contribution in [1.29, 1.82) is 0 Å². The summed E-state index contributed by atoms with van der Waals surface area (Å²) in [5.74, 6) is 1.72. The Labute approximate surface area is 125 Å². The van der Waals surface area contributed by atoms with Crippen LogP contribution in [0.1, 0.15) is 50.6 Å². The fraction of sp³-hybridized carbons (Fsp3) is 0.562. The molecule has 0 aliphatic heterocycles. The van der Waals surface area contributed by atoms with Crippen molar-refractivity contribution in [2.75, 3.05) is 5.73 Å². The molecule has 0 unspecified atom stereocenters. The number of anilines is 1. The van der Waals surface area contributed by atoms with Crippen molar-refractivity contribution >= 4 is 5.69 Å². The topological polar surface area (TPSA) is 69.6 Å². The highest BCUT2D eigenvalue weighted by molar-refractivity contribution is 5.65. The number of aromatic nitrogens is 4. The quantitative estimate of drug-likeness (QED) is 0.878. The summed E-state index contributed by atoms with van der Waals surface area (Å²) >= 11 is 0. The van der Waals surface area contributed by atoms with Crippen LogP contribution in [-0.2, 0) is 0 Å². The van der Waals surface area contributed by atoms with Crippen LogP contribution in [0.4, 0.5) is 5.69 Å². The van der Waals surface area contributed by atoms with Crippen LogP contribution in [0.2, 0.25) is 0 Å². The molecular formula is C16H23N5. The molecule has 1 fully saturated rings. The molecule has 0 amide bonds. The van der Waals surface area contributed by atoms with Crippen LogP contribution in [0, 0.1) is 12.8 Å². The normalized spacial score (nSPS) is 22.4. The van der Waals surface area contributed by atoms with Gasteiger partial charge in [-0.25, -0.2) is 4.68 Å². The molecule has 0 spiro atoms. The van der Waals surface area contributed by atoms with Gasteiger partial charge in [-0.1, -0.05) is 19.4 Å². The second kappa shape index (κ2) is 5.84. The maximum atomic E-state index is 5.92. The lowest BCUT2D eigenvalue weighted by molar-refractivity contribution is 0.255. The van der Waals surface area contributed by atoms with E-state index in [2.05, 4.69) is 29.4 Å². The van der Waals surface area contributed by atoms with E-state index in [9.17, 15) is 0 Å². The third kappa shape index (κ3) is 2.77. The molecule has 0 saturated heterocycles. The van der Waals surface area contributed by atoms with Crippen LogP contribution >= 0.6 is 0 Å². The number of nitrogens with two attached hydrogens (primary N) is 1. The van der Waals surface area contributed by atoms with E-state index in [4.69, 9.17) is 5.73 Å². The summed E-state index contributed by atoms with van der Waals surface area (Å²) < 4.78 is 2.01. The second-order valence-electron chi connectivity index (χ2n) is 6.10. The smallest absolute Gasteiger partial charge is 0.182 e. The minimum absolute atomic E-state index is 0.415. The van der Waals surface area contributed by atoms with Gasteiger partial charge in [-0.15, -0.1) is 5.10 Å². The molecule has 0 radical (unpaired) electrons. The highest BCUT2D eigenvalue weighted by atomic mass is 15.5. The zero-order valence-electron chi connectivity index (χ0n) is 12.8. The molecule has 5 nitrogen and oxygen atoms in total. The number of hydrogen-bond acceptors (Lipinski definition) is 4. The second-order valence-corrected chi connectivity index (χ2v) is 6.10. The van der Waals surface area contributed by atoms with Crippen LogP contribution in [-0.4, -0.2) is 20.2 Å². The summed E-state index contributed by atoms with van der Waals surface area (Å²) in [6, 6.07) is 6.32. The zero-order valence-corrected chi connectivity index (χ0v) is 12.8. The highest BCUT2D eigenvalue weighted by Gasteiger charge is 2.25. The molecule has 1 aliphatic carbocycles. The molecular weight excluding hydrogens is 262 g/mol. The van der Waals surface area contributed by atoms with Gasteiger partial charge in [0.25, 0.3) is 0 Å². The van der Waals surface area contributed by atoms with Gasteiger partial charge >= 0.3 is 0 Å². The lowest BCUT2D eigenvalue weighted by atomic mass is 9.84. The van der Waals surface area contributed by atoms with Crippen molar-refractivity contribution in [3.05, 3.63) is 23.8 Å². The average molecular weight is 285 g/mol. The van der Waals surface area contributed by atoms with E-state index in [1.165, 1.54) is 19.3 Å². The van der Waals surface area contributed by atoms with Gasteiger partial charge < -0.3 is 5.73 Å². The van der Waals surface area contributed by atoms with Crippen molar-refractivity contribution in [3.63, 3.8) is 0 Å². The Morgan fingerprint density at radius 2 is 2.00 bits per heavy atom. The minimum atomic E-state index is 0.415. The number of nitrogen functional groups attached to an aromatic ring is 1. The summed E-state index contributed by atoms with van der Waals surface area (Å²) in [5.41, 5.74) is 8.86. The Bertz CT molecular complexity index is 611. The van der Waals surface area contributed by atoms with Crippen LogP contribution < -0.4 is 5.73 Å². The fourth-order valence-corrected chi connectivity index (χ4v) is 3.30. The molecule has 5 heteroatoms. The van der Waals surface area contributed by atoms with Crippen LogP contribution in [0.25, 0.3) is 11.4 Å². The van der Waals surface area contributed by atoms with Crippen LogP contribution in [0.3, 0.4) is 0 Å². The van der Waals surface area contributed by atoms with Gasteiger partial charge in [0, 0.05) is 11.3 Å². The molecule has 1 aromatic heterocycles. The molecule has 0 bridgehead atoms. The average Bonchev–Trinajstić information content (AvgIpc) is 2.99. The largest absolute Gasteiger partial charge is 0.399 e. The molecule has 2 aromatic rings. The first-order chi connectivity index (χ1) is 10.2. The Morgan fingerprint density at radius 1 is 1.24 bits per heavy atom. The first-order valence-electron chi connectivity index (χ1n) is 7.83. The molecule has 0 atom stereocenters. The number of rotatable bonds is 3. The van der Waals surface area contributed by atoms with Gasteiger partial charge in [0.2, 0.25) is 0 Å². The lowest BCUT2D eigenvalue weighted by Crippen LogP contribution is -2.19. The number of nitrogens with zero attached hydrogens (tertiary/aromatic N) is 4. The number of hydrogen-bond donors (Lipinski definition) is 1. The molecule has 1 aromatic carbocycles. The summed E-state index contributed by atoms with van der Waals surface area (Å²) in [4.78, 5) is 0. The Balaban J connectivity index is 1.89. The molecule has 1 aliphatic rings. The van der Waals surface area contributed by atoms with Crippen molar-refractivity contribution in [2.24, 2.45) is 5.92 Å². The van der Waals surface area contributed by atoms with Crippen molar-refractivity contribution < 1.29 is 0 Å². The predicted molar refractivity (Wildman–Crippen MR) is 83.7 cm³/mol. The van der Waals surface area contributed by atoms with E-state index in [0.717, 1.165) is 41.4 Å². The maximum Gasteiger partial charge on any atom is 0.182 e. The first kappa shape index (κ1) is 14.0. The summed E-state index contributed by atoms with van der Waals surface area (Å²) in [7, 11) is 0. The van der Waals surface area contributed by atoms with E-state index in [0.29, 0.717) is 6.04 Å². The number of aryl methyl sites for hydroxylation is 1. The molecule has 2 N–H and O–H groups in total. The van der Waals surface area contributed by atoms with Crippen LogP contribution in [0.5, 0.6) is 0 Å². The number of tetrazole rings is 1. The SMILES string of the molecule is CCC1CCC(n2nnnc2-c2cc(N)ccc2C)CC1. The van der Waals surface area contributed by atoms with Crippen molar-refractivity contribution in [2.45, 2.75) is 52.0 Å². The molecule has 112 valence electrons. The summed E-state index contributed by atoms with van der Waals surface area (Å²) in [5, 5.41) is 12.4. The third-order valence-electron chi connectivity index (χ3n) is 4.73. The fourth-order valence-electron chi connectivity index (χ4n) is 3.30. The molecule has 21 heavy (non-hydrogen) atoms. The maximum absolute atomic E-state index is 5.92. The van der Waals surface area contributed by atoms with Gasteiger partial charge in [0.15, 0.2) is 5.82 Å². The van der Waals surface area contributed by atoms with Gasteiger partial charge in [-0.2, -0.15) is 0 Å². The van der Waals surface area contributed by atoms with E-state index in [1.54, 1.807) is 0 Å². The number of benzene rings is 1. The minimum Gasteiger partial charge on any atom is -0.399 e. The predicted octanol–water partition coefficient (Wildman–Crippen LogP) is 3.37. The van der Waals surface area contributed by atoms with E-state index in [1.807, 2.05) is 22.9 Å². The van der Waals surface area contributed by atoms with Crippen molar-refractivity contribution in [3.8, 4) is 11.4 Å². The monoisotopic (exact) mass is 285 g/mol. The lowest BCUT2D eigenvalue weighted by Gasteiger charge is -2.28. The Morgan fingerprint density at radius 3 is 2.71 bits per heavy atom.